The fraction of sp³-hybridized carbons (Fsp3) is 0.250. The number of carbonyl (C=O) groups excluding carboxylic acids is 1. The minimum absolute atomic E-state index is 0.184. The van der Waals surface area contributed by atoms with Gasteiger partial charge in [-0.1, -0.05) is 18.2 Å². The Kier molecular flexibility index (Phi) is 4.85. The molecule has 1 N–H and O–H groups in total. The summed E-state index contributed by atoms with van der Waals surface area (Å²) in [6.45, 7) is 2.69. The summed E-state index contributed by atoms with van der Waals surface area (Å²) in [5.41, 5.74) is 2.69. The van der Waals surface area contributed by atoms with Crippen molar-refractivity contribution in [2.45, 2.75) is 19.5 Å². The zero-order valence-electron chi connectivity index (χ0n) is 11.7. The number of carbonyl (C=O) groups is 1. The van der Waals surface area contributed by atoms with E-state index in [-0.39, 0.29) is 12.0 Å². The second kappa shape index (κ2) is 6.82. The summed E-state index contributed by atoms with van der Waals surface area (Å²) in [5, 5.41) is 3.40. The van der Waals surface area contributed by atoms with Crippen LogP contribution in [0.3, 0.4) is 0 Å². The fourth-order valence-electron chi connectivity index (χ4n) is 2.02. The molecule has 4 nitrogen and oxygen atoms in total. The highest BCUT2D eigenvalue weighted by Crippen LogP contribution is 2.14. The van der Waals surface area contributed by atoms with E-state index in [1.807, 2.05) is 30.3 Å². The molecule has 0 radical (unpaired) electrons. The van der Waals surface area contributed by atoms with Crippen LogP contribution in [0, 0.1) is 0 Å². The number of benzene rings is 1. The molecule has 1 heterocycles. The van der Waals surface area contributed by atoms with Gasteiger partial charge in [0, 0.05) is 25.0 Å². The van der Waals surface area contributed by atoms with Crippen LogP contribution in [0.2, 0.25) is 0 Å². The van der Waals surface area contributed by atoms with E-state index in [1.54, 1.807) is 18.5 Å². The number of ether oxygens (including phenoxy) is 1. The van der Waals surface area contributed by atoms with Gasteiger partial charge in [0.25, 0.3) is 0 Å². The van der Waals surface area contributed by atoms with Crippen molar-refractivity contribution in [1.29, 1.82) is 0 Å². The lowest BCUT2D eigenvalue weighted by molar-refractivity contribution is 0.0599. The third kappa shape index (κ3) is 3.42. The number of nitrogens with one attached hydrogen (secondary N) is 1. The quantitative estimate of drug-likeness (QED) is 0.849. The van der Waals surface area contributed by atoms with E-state index in [9.17, 15) is 4.79 Å². The van der Waals surface area contributed by atoms with Crippen LogP contribution in [-0.4, -0.2) is 18.1 Å². The second-order valence-corrected chi connectivity index (χ2v) is 4.53. The highest BCUT2D eigenvalue weighted by Gasteiger charge is 2.12. The molecule has 0 unspecified atom stereocenters. The Morgan fingerprint density at radius 3 is 2.65 bits per heavy atom. The average molecular weight is 270 g/mol. The summed E-state index contributed by atoms with van der Waals surface area (Å²) in [7, 11) is 1.39. The third-order valence-corrected chi connectivity index (χ3v) is 3.23. The largest absolute Gasteiger partial charge is 0.465 e. The van der Waals surface area contributed by atoms with Crippen LogP contribution in [0.5, 0.6) is 0 Å². The molecule has 0 spiro atoms. The van der Waals surface area contributed by atoms with Crippen molar-refractivity contribution in [1.82, 2.24) is 10.3 Å². The standard InChI is InChI=1S/C16H18N2O2/c1-12(13-7-9-17-10-8-13)18-11-14-5-3-4-6-15(14)16(19)20-2/h3-10,12,18H,11H2,1-2H3/t12-/m1/s1. The molecule has 0 aliphatic rings. The molecule has 1 aromatic carbocycles. The Labute approximate surface area is 118 Å². The van der Waals surface area contributed by atoms with Gasteiger partial charge in [-0.3, -0.25) is 4.98 Å². The van der Waals surface area contributed by atoms with E-state index in [1.165, 1.54) is 7.11 Å². The fourth-order valence-corrected chi connectivity index (χ4v) is 2.02. The summed E-state index contributed by atoms with van der Waals surface area (Å²) < 4.78 is 4.79. The van der Waals surface area contributed by atoms with Gasteiger partial charge in [-0.2, -0.15) is 0 Å². The van der Waals surface area contributed by atoms with Crippen molar-refractivity contribution >= 4 is 5.97 Å². The lowest BCUT2D eigenvalue weighted by atomic mass is 10.1. The molecule has 0 saturated carbocycles. The van der Waals surface area contributed by atoms with Gasteiger partial charge in [0.05, 0.1) is 12.7 Å². The summed E-state index contributed by atoms with van der Waals surface area (Å²) in [6.07, 6.45) is 3.55. The first-order valence-electron chi connectivity index (χ1n) is 6.52. The SMILES string of the molecule is COC(=O)c1ccccc1CN[C@H](C)c1ccncc1. The highest BCUT2D eigenvalue weighted by molar-refractivity contribution is 5.90. The summed E-state index contributed by atoms with van der Waals surface area (Å²) in [6, 6.07) is 11.6. The van der Waals surface area contributed by atoms with E-state index in [2.05, 4.69) is 17.2 Å². The molecule has 0 fully saturated rings. The molecule has 20 heavy (non-hydrogen) atoms. The summed E-state index contributed by atoms with van der Waals surface area (Å²) in [5.74, 6) is -0.307. The number of pyridine rings is 1. The molecule has 1 aromatic heterocycles. The second-order valence-electron chi connectivity index (χ2n) is 4.53. The van der Waals surface area contributed by atoms with Gasteiger partial charge < -0.3 is 10.1 Å². The summed E-state index contributed by atoms with van der Waals surface area (Å²) >= 11 is 0. The predicted octanol–water partition coefficient (Wildman–Crippen LogP) is 2.72. The molecule has 0 saturated heterocycles. The van der Waals surface area contributed by atoms with Crippen LogP contribution in [-0.2, 0) is 11.3 Å². The van der Waals surface area contributed by atoms with E-state index < -0.39 is 0 Å². The van der Waals surface area contributed by atoms with Gasteiger partial charge in [-0.15, -0.1) is 0 Å². The number of aromatic nitrogens is 1. The van der Waals surface area contributed by atoms with Gasteiger partial charge in [0.2, 0.25) is 0 Å². The van der Waals surface area contributed by atoms with E-state index in [4.69, 9.17) is 4.74 Å². The maximum atomic E-state index is 11.7. The molecule has 0 bridgehead atoms. The van der Waals surface area contributed by atoms with Gasteiger partial charge in [0.15, 0.2) is 0 Å². The monoisotopic (exact) mass is 270 g/mol. The van der Waals surface area contributed by atoms with E-state index in [0.717, 1.165) is 11.1 Å². The minimum Gasteiger partial charge on any atom is -0.465 e. The average Bonchev–Trinajstić information content (AvgIpc) is 2.53. The number of rotatable bonds is 5. The molecular formula is C16H18N2O2. The first kappa shape index (κ1) is 14.2. The van der Waals surface area contributed by atoms with Crippen molar-refractivity contribution in [2.75, 3.05) is 7.11 Å². The van der Waals surface area contributed by atoms with Crippen LogP contribution in [0.15, 0.2) is 48.8 Å². The van der Waals surface area contributed by atoms with Crippen LogP contribution >= 0.6 is 0 Å². The van der Waals surface area contributed by atoms with Gasteiger partial charge in [0.1, 0.15) is 0 Å². The van der Waals surface area contributed by atoms with Crippen molar-refractivity contribution in [2.24, 2.45) is 0 Å². The molecule has 2 aromatic rings. The zero-order valence-corrected chi connectivity index (χ0v) is 11.7. The van der Waals surface area contributed by atoms with Crippen molar-refractivity contribution in [3.63, 3.8) is 0 Å². The van der Waals surface area contributed by atoms with Crippen molar-refractivity contribution in [3.05, 3.63) is 65.5 Å². The number of hydrogen-bond donors (Lipinski definition) is 1. The number of esters is 1. The topological polar surface area (TPSA) is 51.2 Å². The van der Waals surface area contributed by atoms with Gasteiger partial charge in [-0.25, -0.2) is 4.79 Å². The molecule has 4 heteroatoms. The smallest absolute Gasteiger partial charge is 0.338 e. The van der Waals surface area contributed by atoms with Gasteiger partial charge in [-0.05, 0) is 36.2 Å². The number of nitrogens with zero attached hydrogens (tertiary/aromatic N) is 1. The third-order valence-electron chi connectivity index (χ3n) is 3.23. The molecule has 104 valence electrons. The Bertz CT molecular complexity index is 570. The van der Waals surface area contributed by atoms with Crippen LogP contribution in [0.25, 0.3) is 0 Å². The lowest BCUT2D eigenvalue weighted by Crippen LogP contribution is -2.20. The lowest BCUT2D eigenvalue weighted by Gasteiger charge is -2.15. The van der Waals surface area contributed by atoms with Gasteiger partial charge >= 0.3 is 5.97 Å². The zero-order chi connectivity index (χ0) is 14.4. The minimum atomic E-state index is -0.307. The van der Waals surface area contributed by atoms with Crippen LogP contribution in [0.4, 0.5) is 0 Å². The van der Waals surface area contributed by atoms with Crippen molar-refractivity contribution < 1.29 is 9.53 Å². The Balaban J connectivity index is 2.06. The maximum absolute atomic E-state index is 11.7. The molecule has 2 rings (SSSR count). The molecule has 0 aliphatic carbocycles. The normalized spacial score (nSPS) is 11.9. The highest BCUT2D eigenvalue weighted by atomic mass is 16.5. The maximum Gasteiger partial charge on any atom is 0.338 e. The molecule has 0 amide bonds. The van der Waals surface area contributed by atoms with E-state index >= 15 is 0 Å². The first-order valence-corrected chi connectivity index (χ1v) is 6.52. The van der Waals surface area contributed by atoms with Crippen molar-refractivity contribution in [3.8, 4) is 0 Å². The predicted molar refractivity (Wildman–Crippen MR) is 77.3 cm³/mol. The number of hydrogen-bond acceptors (Lipinski definition) is 4. The summed E-state index contributed by atoms with van der Waals surface area (Å²) in [4.78, 5) is 15.7. The first-order chi connectivity index (χ1) is 9.72. The van der Waals surface area contributed by atoms with E-state index in [0.29, 0.717) is 12.1 Å². The Morgan fingerprint density at radius 2 is 1.95 bits per heavy atom. The Hall–Kier alpha value is -2.20. The number of methoxy groups -OCH3 is 1. The Morgan fingerprint density at radius 1 is 1.25 bits per heavy atom. The molecular weight excluding hydrogens is 252 g/mol. The molecule has 0 aliphatic heterocycles. The van der Waals surface area contributed by atoms with Crippen LogP contribution < -0.4 is 5.32 Å². The van der Waals surface area contributed by atoms with Crippen LogP contribution in [0.1, 0.15) is 34.5 Å². The molecule has 1 atom stereocenters.